The normalized spacial score (nSPS) is 14.2. The van der Waals surface area contributed by atoms with Crippen LogP contribution in [0.5, 0.6) is 0 Å². The molecule has 0 spiro atoms. The molecule has 0 aromatic heterocycles. The second-order valence-electron chi connectivity index (χ2n) is 3.16. The van der Waals surface area contributed by atoms with Gasteiger partial charge in [0, 0.05) is 16.2 Å². The third kappa shape index (κ3) is 1.78. The lowest BCUT2D eigenvalue weighted by molar-refractivity contribution is 0.103. The van der Waals surface area contributed by atoms with E-state index in [4.69, 9.17) is 11.6 Å². The second-order valence-corrected chi connectivity index (χ2v) is 3.60. The number of halogens is 1. The first-order valence-corrected chi connectivity index (χ1v) is 4.81. The fourth-order valence-electron chi connectivity index (χ4n) is 1.40. The van der Waals surface area contributed by atoms with Crippen LogP contribution in [-0.2, 0) is 0 Å². The summed E-state index contributed by atoms with van der Waals surface area (Å²) in [5.41, 5.74) is 1.54. The van der Waals surface area contributed by atoms with E-state index in [9.17, 15) is 4.79 Å². The number of rotatable bonds is 2. The molecule has 1 aliphatic rings. The summed E-state index contributed by atoms with van der Waals surface area (Å²) in [5, 5.41) is 0.653. The molecule has 70 valence electrons. The molecular weight excluding hydrogens is 196 g/mol. The van der Waals surface area contributed by atoms with Crippen LogP contribution in [0.3, 0.4) is 0 Å². The zero-order chi connectivity index (χ0) is 9.97. The molecule has 0 atom stereocenters. The Morgan fingerprint density at radius 1 is 1.21 bits per heavy atom. The number of hydrogen-bond donors (Lipinski definition) is 0. The second kappa shape index (κ2) is 3.81. The minimum atomic E-state index is 0.0895. The van der Waals surface area contributed by atoms with Gasteiger partial charge in [-0.3, -0.25) is 4.79 Å². The summed E-state index contributed by atoms with van der Waals surface area (Å²) in [6.45, 7) is 0. The maximum Gasteiger partial charge on any atom is 0.189 e. The number of ketones is 1. The Kier molecular flexibility index (Phi) is 2.51. The molecule has 1 nitrogen and oxygen atoms in total. The van der Waals surface area contributed by atoms with Gasteiger partial charge in [-0.15, -0.1) is 0 Å². The first kappa shape index (κ1) is 9.22. The van der Waals surface area contributed by atoms with E-state index in [0.29, 0.717) is 10.6 Å². The van der Waals surface area contributed by atoms with Crippen molar-refractivity contribution >= 4 is 17.4 Å². The standard InChI is InChI=1S/C12H9ClO/c13-11-7-5-10(6-8-11)12(14)9-3-1-2-4-9/h1-3,5-8H,4H2. The molecule has 0 saturated carbocycles. The van der Waals surface area contributed by atoms with Crippen LogP contribution in [0.1, 0.15) is 16.8 Å². The lowest BCUT2D eigenvalue weighted by atomic mass is 10.0. The number of allylic oxidation sites excluding steroid dienone is 4. The highest BCUT2D eigenvalue weighted by molar-refractivity contribution is 6.30. The minimum absolute atomic E-state index is 0.0895. The topological polar surface area (TPSA) is 17.1 Å². The molecule has 0 amide bonds. The largest absolute Gasteiger partial charge is 0.289 e. The number of carbonyl (C=O) groups excluding carboxylic acids is 1. The molecule has 0 aliphatic heterocycles. The molecule has 2 heteroatoms. The van der Waals surface area contributed by atoms with E-state index in [-0.39, 0.29) is 5.78 Å². The summed E-state index contributed by atoms with van der Waals surface area (Å²) in [6.07, 6.45) is 6.48. The van der Waals surface area contributed by atoms with Crippen LogP contribution in [0.25, 0.3) is 0 Å². The van der Waals surface area contributed by atoms with Gasteiger partial charge in [0.2, 0.25) is 0 Å². The van der Waals surface area contributed by atoms with Crippen molar-refractivity contribution in [3.8, 4) is 0 Å². The Labute approximate surface area is 87.7 Å². The maximum atomic E-state index is 11.8. The van der Waals surface area contributed by atoms with Crippen molar-refractivity contribution in [2.24, 2.45) is 0 Å². The first-order valence-electron chi connectivity index (χ1n) is 4.43. The smallest absolute Gasteiger partial charge is 0.189 e. The highest BCUT2D eigenvalue weighted by Crippen LogP contribution is 2.18. The van der Waals surface area contributed by atoms with Gasteiger partial charge in [-0.05, 0) is 30.7 Å². The summed E-state index contributed by atoms with van der Waals surface area (Å²) in [4.78, 5) is 11.8. The molecule has 0 saturated heterocycles. The van der Waals surface area contributed by atoms with E-state index in [0.717, 1.165) is 12.0 Å². The Morgan fingerprint density at radius 2 is 1.93 bits per heavy atom. The van der Waals surface area contributed by atoms with Crippen LogP contribution in [-0.4, -0.2) is 5.78 Å². The fourth-order valence-corrected chi connectivity index (χ4v) is 1.53. The van der Waals surface area contributed by atoms with E-state index in [1.54, 1.807) is 24.3 Å². The molecular formula is C12H9ClO. The van der Waals surface area contributed by atoms with Crippen molar-refractivity contribution in [1.82, 2.24) is 0 Å². The molecule has 0 bridgehead atoms. The van der Waals surface area contributed by atoms with Gasteiger partial charge in [-0.2, -0.15) is 0 Å². The third-order valence-corrected chi connectivity index (χ3v) is 2.42. The van der Waals surface area contributed by atoms with Gasteiger partial charge in [-0.1, -0.05) is 29.8 Å². The Balaban J connectivity index is 2.23. The summed E-state index contributed by atoms with van der Waals surface area (Å²) in [6, 6.07) is 6.98. The maximum absolute atomic E-state index is 11.8. The SMILES string of the molecule is O=C(C1=CC=CC1)c1ccc(Cl)cc1. The average molecular weight is 205 g/mol. The van der Waals surface area contributed by atoms with E-state index in [2.05, 4.69) is 0 Å². The van der Waals surface area contributed by atoms with Crippen molar-refractivity contribution < 1.29 is 4.79 Å². The Bertz CT molecular complexity index is 412. The zero-order valence-corrected chi connectivity index (χ0v) is 8.29. The summed E-state index contributed by atoms with van der Waals surface area (Å²) in [7, 11) is 0. The van der Waals surface area contributed by atoms with E-state index < -0.39 is 0 Å². The molecule has 1 aromatic carbocycles. The van der Waals surface area contributed by atoms with Crippen LogP contribution in [0.15, 0.2) is 48.1 Å². The summed E-state index contributed by atoms with van der Waals surface area (Å²) in [5.74, 6) is 0.0895. The molecule has 1 aliphatic carbocycles. The molecule has 0 radical (unpaired) electrons. The van der Waals surface area contributed by atoms with E-state index in [1.807, 2.05) is 18.2 Å². The number of benzene rings is 1. The van der Waals surface area contributed by atoms with Gasteiger partial charge in [0.05, 0.1) is 0 Å². The molecule has 1 aromatic rings. The molecule has 0 heterocycles. The van der Waals surface area contributed by atoms with Gasteiger partial charge >= 0.3 is 0 Å². The molecule has 2 rings (SSSR count). The predicted molar refractivity (Wildman–Crippen MR) is 57.6 cm³/mol. The minimum Gasteiger partial charge on any atom is -0.289 e. The number of carbonyl (C=O) groups is 1. The van der Waals surface area contributed by atoms with Crippen molar-refractivity contribution in [3.63, 3.8) is 0 Å². The molecule has 0 N–H and O–H groups in total. The van der Waals surface area contributed by atoms with Gasteiger partial charge in [0.25, 0.3) is 0 Å². The zero-order valence-electron chi connectivity index (χ0n) is 7.53. The van der Waals surface area contributed by atoms with Gasteiger partial charge in [-0.25, -0.2) is 0 Å². The average Bonchev–Trinajstić information content (AvgIpc) is 2.71. The van der Waals surface area contributed by atoms with Crippen LogP contribution in [0.4, 0.5) is 0 Å². The van der Waals surface area contributed by atoms with Crippen molar-refractivity contribution in [3.05, 3.63) is 58.7 Å². The first-order chi connectivity index (χ1) is 6.77. The van der Waals surface area contributed by atoms with Crippen molar-refractivity contribution in [2.75, 3.05) is 0 Å². The van der Waals surface area contributed by atoms with Crippen molar-refractivity contribution in [2.45, 2.75) is 6.42 Å². The van der Waals surface area contributed by atoms with E-state index >= 15 is 0 Å². The van der Waals surface area contributed by atoms with Gasteiger partial charge in [0.1, 0.15) is 0 Å². The number of Topliss-reactive ketones (excluding diaryl/α,β-unsaturated/α-hetero) is 1. The third-order valence-electron chi connectivity index (χ3n) is 2.17. The Hall–Kier alpha value is -1.34. The molecule has 14 heavy (non-hydrogen) atoms. The van der Waals surface area contributed by atoms with Crippen molar-refractivity contribution in [1.29, 1.82) is 0 Å². The fraction of sp³-hybridized carbons (Fsp3) is 0.0833. The summed E-state index contributed by atoms with van der Waals surface area (Å²) < 4.78 is 0. The van der Waals surface area contributed by atoms with Crippen LogP contribution < -0.4 is 0 Å². The highest BCUT2D eigenvalue weighted by Gasteiger charge is 2.12. The van der Waals surface area contributed by atoms with Crippen LogP contribution >= 0.6 is 11.6 Å². The van der Waals surface area contributed by atoms with Crippen LogP contribution in [0.2, 0.25) is 5.02 Å². The van der Waals surface area contributed by atoms with Gasteiger partial charge < -0.3 is 0 Å². The lowest BCUT2D eigenvalue weighted by Gasteiger charge is -2.00. The monoisotopic (exact) mass is 204 g/mol. The molecule has 0 fully saturated rings. The number of hydrogen-bond acceptors (Lipinski definition) is 1. The van der Waals surface area contributed by atoms with Gasteiger partial charge in [0.15, 0.2) is 5.78 Å². The lowest BCUT2D eigenvalue weighted by Crippen LogP contribution is -2.00. The van der Waals surface area contributed by atoms with E-state index in [1.165, 1.54) is 0 Å². The highest BCUT2D eigenvalue weighted by atomic mass is 35.5. The Morgan fingerprint density at radius 3 is 2.50 bits per heavy atom. The quantitative estimate of drug-likeness (QED) is 0.675. The predicted octanol–water partition coefficient (Wildman–Crippen LogP) is 3.41. The summed E-state index contributed by atoms with van der Waals surface area (Å²) >= 11 is 5.74. The van der Waals surface area contributed by atoms with Crippen LogP contribution in [0, 0.1) is 0 Å². The molecule has 0 unspecified atom stereocenters.